The maximum Gasteiger partial charge on any atom is 0.351 e. The highest BCUT2D eigenvalue weighted by molar-refractivity contribution is 6.26. The summed E-state index contributed by atoms with van der Waals surface area (Å²) in [5.41, 5.74) is 3.97. The van der Waals surface area contributed by atoms with Crippen molar-refractivity contribution in [1.29, 1.82) is 0 Å². The van der Waals surface area contributed by atoms with Gasteiger partial charge in [0.25, 0.3) is 5.91 Å². The van der Waals surface area contributed by atoms with Crippen molar-refractivity contribution in [2.75, 3.05) is 32.8 Å². The molecule has 2 heterocycles. The lowest BCUT2D eigenvalue weighted by molar-refractivity contribution is -0.917. The third-order valence-corrected chi connectivity index (χ3v) is 7.69. The van der Waals surface area contributed by atoms with E-state index in [1.807, 2.05) is 35.2 Å². The summed E-state index contributed by atoms with van der Waals surface area (Å²) in [6, 6.07) is 29.7. The van der Waals surface area contributed by atoms with Crippen LogP contribution in [0.15, 0.2) is 84.9 Å². The van der Waals surface area contributed by atoms with Crippen LogP contribution in [0.25, 0.3) is 32.6 Å². The standard InChI is InChI=1S/C31H31N3O2.C2H2O4/c1-2-34-29-10-6-5-9-27(29)28-19-23(11-14-30(28)34)21-32-15-17-33(18-16-32)31(35)22-36-26-13-12-24-7-3-4-8-25(24)20-26;3-1(4)2(5)6/h3-14,19-20H,2,15-18,21-22H2,1H3;(H,3,4)(H,5,6). The highest BCUT2D eigenvalue weighted by Crippen LogP contribution is 2.29. The highest BCUT2D eigenvalue weighted by Gasteiger charge is 2.24. The number of nitrogens with zero attached hydrogens (tertiary/aromatic N) is 2. The molecular weight excluding hydrogens is 534 g/mol. The molecule has 9 nitrogen and oxygen atoms in total. The number of carboxylic acids is 2. The number of benzene rings is 4. The van der Waals surface area contributed by atoms with E-state index in [1.54, 1.807) is 0 Å². The largest absolute Gasteiger partial charge is 0.539 e. The Labute approximate surface area is 243 Å². The molecule has 0 unspecified atom stereocenters. The number of quaternary nitrogens is 1. The first kappa shape index (κ1) is 28.6. The van der Waals surface area contributed by atoms with Crippen molar-refractivity contribution < 1.29 is 34.2 Å². The molecule has 0 spiro atoms. The topological polar surface area (TPSA) is 116 Å². The van der Waals surface area contributed by atoms with E-state index >= 15 is 0 Å². The van der Waals surface area contributed by atoms with Gasteiger partial charge in [-0.3, -0.25) is 4.79 Å². The molecule has 9 heteroatoms. The highest BCUT2D eigenvalue weighted by atomic mass is 16.5. The van der Waals surface area contributed by atoms with Crippen LogP contribution in [0.5, 0.6) is 5.75 Å². The summed E-state index contributed by atoms with van der Waals surface area (Å²) in [7, 11) is 0. The summed E-state index contributed by atoms with van der Waals surface area (Å²) >= 11 is 0. The van der Waals surface area contributed by atoms with Crippen molar-refractivity contribution in [3.05, 3.63) is 90.5 Å². The number of rotatable bonds is 6. The second-order valence-electron chi connectivity index (χ2n) is 10.3. The first-order valence-electron chi connectivity index (χ1n) is 14.0. The number of aliphatic carboxylic acids is 2. The van der Waals surface area contributed by atoms with E-state index in [-0.39, 0.29) is 12.5 Å². The molecule has 1 aromatic heterocycles. The van der Waals surface area contributed by atoms with Crippen molar-refractivity contribution in [3.63, 3.8) is 0 Å². The summed E-state index contributed by atoms with van der Waals surface area (Å²) in [5, 5.41) is 21.3. The van der Waals surface area contributed by atoms with E-state index in [4.69, 9.17) is 24.5 Å². The third-order valence-electron chi connectivity index (χ3n) is 7.69. The zero-order valence-electron chi connectivity index (χ0n) is 23.4. The molecule has 1 fully saturated rings. The van der Waals surface area contributed by atoms with Crippen molar-refractivity contribution in [2.24, 2.45) is 0 Å². The van der Waals surface area contributed by atoms with E-state index in [1.165, 1.54) is 37.7 Å². The smallest absolute Gasteiger partial charge is 0.351 e. The molecule has 0 atom stereocenters. The molecule has 1 aliphatic heterocycles. The zero-order valence-corrected chi connectivity index (χ0v) is 23.4. The van der Waals surface area contributed by atoms with Crippen molar-refractivity contribution in [1.82, 2.24) is 9.47 Å². The minimum Gasteiger partial charge on any atom is -0.539 e. The number of carboxylic acid groups (broad SMARTS) is 2. The summed E-state index contributed by atoms with van der Waals surface area (Å²) in [5.74, 6) is -3.20. The normalized spacial score (nSPS) is 13.6. The third kappa shape index (κ3) is 6.37. The van der Waals surface area contributed by atoms with Gasteiger partial charge in [0.1, 0.15) is 12.3 Å². The molecule has 42 heavy (non-hydrogen) atoms. The van der Waals surface area contributed by atoms with Crippen LogP contribution in [0.2, 0.25) is 0 Å². The van der Waals surface area contributed by atoms with Crippen LogP contribution in [0, 0.1) is 0 Å². The Morgan fingerprint density at radius 2 is 1.52 bits per heavy atom. The minimum atomic E-state index is -2.07. The molecule has 2 N–H and O–H groups in total. The number of hydrogen-bond acceptors (Lipinski definition) is 5. The fraction of sp³-hybridized carbons (Fsp3) is 0.242. The Bertz CT molecular complexity index is 1740. The molecule has 5 aromatic rings. The molecule has 0 aliphatic carbocycles. The molecule has 1 saturated heterocycles. The van der Waals surface area contributed by atoms with E-state index in [9.17, 15) is 4.79 Å². The van der Waals surface area contributed by atoms with Gasteiger partial charge in [0.15, 0.2) is 12.6 Å². The average molecular weight is 568 g/mol. The Morgan fingerprint density at radius 1 is 0.857 bits per heavy atom. The maximum atomic E-state index is 12.8. The van der Waals surface area contributed by atoms with Gasteiger partial charge >= 0.3 is 5.97 Å². The van der Waals surface area contributed by atoms with E-state index in [0.29, 0.717) is 0 Å². The van der Waals surface area contributed by atoms with Gasteiger partial charge in [-0.2, -0.15) is 0 Å². The molecule has 4 aromatic carbocycles. The van der Waals surface area contributed by atoms with Gasteiger partial charge in [0, 0.05) is 33.9 Å². The molecule has 0 radical (unpaired) electrons. The summed E-state index contributed by atoms with van der Waals surface area (Å²) in [6.45, 7) is 7.70. The predicted molar refractivity (Wildman–Crippen MR) is 158 cm³/mol. The van der Waals surface area contributed by atoms with Gasteiger partial charge in [-0.05, 0) is 48.0 Å². The second kappa shape index (κ2) is 12.7. The van der Waals surface area contributed by atoms with Crippen molar-refractivity contribution in [2.45, 2.75) is 20.0 Å². The lowest BCUT2D eigenvalue weighted by atomic mass is 10.1. The number of hydrogen-bond donors (Lipinski definition) is 2. The maximum absolute atomic E-state index is 12.8. The number of piperazine rings is 1. The lowest BCUT2D eigenvalue weighted by Crippen LogP contribution is -3.13. The number of nitrogens with one attached hydrogen (secondary N) is 1. The monoisotopic (exact) mass is 567 g/mol. The summed E-state index contributed by atoms with van der Waals surface area (Å²) < 4.78 is 8.23. The number of para-hydroxylation sites is 1. The van der Waals surface area contributed by atoms with Crippen LogP contribution < -0.4 is 14.7 Å². The number of carbonyl (C=O) groups excluding carboxylic acids is 2. The number of aromatic nitrogens is 1. The lowest BCUT2D eigenvalue weighted by Gasteiger charge is -2.32. The first-order chi connectivity index (χ1) is 20.3. The van der Waals surface area contributed by atoms with Crippen LogP contribution in [-0.4, -0.2) is 65.2 Å². The fourth-order valence-electron chi connectivity index (χ4n) is 5.58. The van der Waals surface area contributed by atoms with Gasteiger partial charge in [-0.1, -0.05) is 54.6 Å². The van der Waals surface area contributed by atoms with Gasteiger partial charge in [-0.15, -0.1) is 0 Å². The predicted octanol–water partition coefficient (Wildman–Crippen LogP) is 2.09. The Balaban J connectivity index is 0.000000535. The van der Waals surface area contributed by atoms with Crippen LogP contribution in [0.1, 0.15) is 12.5 Å². The fourth-order valence-corrected chi connectivity index (χ4v) is 5.58. The summed E-state index contributed by atoms with van der Waals surface area (Å²) in [6.07, 6.45) is 0. The Morgan fingerprint density at radius 3 is 2.24 bits per heavy atom. The van der Waals surface area contributed by atoms with Gasteiger partial charge in [0.05, 0.1) is 26.2 Å². The number of fused-ring (bicyclic) bond motifs is 4. The molecule has 1 aliphatic rings. The number of ether oxygens (including phenoxy) is 1. The molecule has 216 valence electrons. The molecular formula is C33H33N3O6. The van der Waals surface area contributed by atoms with Crippen molar-refractivity contribution in [3.8, 4) is 5.75 Å². The quantitative estimate of drug-likeness (QED) is 0.304. The van der Waals surface area contributed by atoms with Gasteiger partial charge < -0.3 is 34.1 Å². The SMILES string of the molecule is CCn1c2ccccc2c2cc(C[NH+]3CCN(C(=O)COc4ccc5ccccc5c4)CC3)ccc21.O=C([O-])C(=O)O. The van der Waals surface area contributed by atoms with Crippen LogP contribution >= 0.6 is 0 Å². The van der Waals surface area contributed by atoms with E-state index < -0.39 is 11.9 Å². The number of aryl methyl sites for hydroxylation is 1. The minimum absolute atomic E-state index is 0.0657. The average Bonchev–Trinajstić information content (AvgIpc) is 3.33. The van der Waals surface area contributed by atoms with Gasteiger partial charge in [0.2, 0.25) is 0 Å². The van der Waals surface area contributed by atoms with Crippen LogP contribution in [0.3, 0.4) is 0 Å². The molecule has 1 amide bonds. The van der Waals surface area contributed by atoms with Crippen LogP contribution in [0.4, 0.5) is 0 Å². The van der Waals surface area contributed by atoms with Crippen molar-refractivity contribution >= 4 is 50.4 Å². The van der Waals surface area contributed by atoms with Crippen LogP contribution in [-0.2, 0) is 27.5 Å². The second-order valence-corrected chi connectivity index (χ2v) is 10.3. The van der Waals surface area contributed by atoms with E-state index in [2.05, 4.69) is 66.1 Å². The number of carbonyl (C=O) groups is 3. The number of amides is 1. The Hall–Kier alpha value is -4.89. The Kier molecular flexibility index (Phi) is 8.68. The van der Waals surface area contributed by atoms with E-state index in [0.717, 1.165) is 50.4 Å². The molecule has 6 rings (SSSR count). The first-order valence-corrected chi connectivity index (χ1v) is 14.0. The molecule has 0 bridgehead atoms. The molecule has 0 saturated carbocycles. The van der Waals surface area contributed by atoms with Gasteiger partial charge in [-0.25, -0.2) is 4.79 Å². The summed E-state index contributed by atoms with van der Waals surface area (Å²) in [4.78, 5) is 34.3. The zero-order chi connectivity index (χ0) is 29.6.